The molecule has 0 radical (unpaired) electrons. The molecule has 0 spiro atoms. The fourth-order valence-corrected chi connectivity index (χ4v) is 2.86. The number of ether oxygens (including phenoxy) is 1. The summed E-state index contributed by atoms with van der Waals surface area (Å²) in [6.07, 6.45) is 2.79. The number of aliphatic hydroxyl groups excluding tert-OH is 1. The van der Waals surface area contributed by atoms with Crippen LogP contribution in [-0.2, 0) is 4.74 Å². The summed E-state index contributed by atoms with van der Waals surface area (Å²) in [6, 6.07) is 0.207. The summed E-state index contributed by atoms with van der Waals surface area (Å²) in [4.78, 5) is 2.46. The number of rotatable bonds is 3. The molecule has 17 heavy (non-hydrogen) atoms. The highest BCUT2D eigenvalue weighted by Gasteiger charge is 2.30. The van der Waals surface area contributed by atoms with Crippen LogP contribution >= 0.6 is 0 Å². The van der Waals surface area contributed by atoms with E-state index in [1.807, 2.05) is 0 Å². The summed E-state index contributed by atoms with van der Waals surface area (Å²) in [7, 11) is 0. The van der Waals surface area contributed by atoms with E-state index in [9.17, 15) is 5.11 Å². The Morgan fingerprint density at radius 2 is 2.29 bits per heavy atom. The van der Waals surface area contributed by atoms with Gasteiger partial charge in [-0.05, 0) is 18.3 Å². The summed E-state index contributed by atoms with van der Waals surface area (Å²) >= 11 is 0. The topological polar surface area (TPSA) is 44.7 Å². The van der Waals surface area contributed by atoms with E-state index in [0.717, 1.165) is 32.8 Å². The molecule has 2 aliphatic rings. The summed E-state index contributed by atoms with van der Waals surface area (Å²) < 4.78 is 5.71. The molecular weight excluding hydrogens is 216 g/mol. The minimum atomic E-state index is 0.207. The lowest BCUT2D eigenvalue weighted by Gasteiger charge is -2.30. The molecule has 0 aromatic carbocycles. The zero-order valence-corrected chi connectivity index (χ0v) is 11.1. The van der Waals surface area contributed by atoms with Crippen LogP contribution in [0.2, 0.25) is 0 Å². The molecule has 2 heterocycles. The maximum atomic E-state index is 9.34. The molecule has 2 unspecified atom stereocenters. The average molecular weight is 242 g/mol. The molecule has 2 rings (SSSR count). The predicted octanol–water partition coefficient (Wildman–Crippen LogP) is 0.458. The molecule has 0 bridgehead atoms. The molecule has 100 valence electrons. The number of nitrogens with zero attached hydrogens (tertiary/aromatic N) is 1. The Morgan fingerprint density at radius 3 is 2.94 bits per heavy atom. The Bertz CT molecular complexity index is 240. The third kappa shape index (κ3) is 3.91. The highest BCUT2D eigenvalue weighted by Crippen LogP contribution is 2.21. The Kier molecular flexibility index (Phi) is 4.42. The lowest BCUT2D eigenvalue weighted by Crippen LogP contribution is -2.42. The fourth-order valence-electron chi connectivity index (χ4n) is 2.86. The molecule has 0 aromatic rings. The van der Waals surface area contributed by atoms with Crippen LogP contribution in [0.15, 0.2) is 0 Å². The zero-order chi connectivity index (χ0) is 12.3. The second-order valence-electron chi connectivity index (χ2n) is 6.25. The molecule has 0 amide bonds. The van der Waals surface area contributed by atoms with Crippen molar-refractivity contribution in [3.05, 3.63) is 0 Å². The van der Waals surface area contributed by atoms with Crippen LogP contribution in [0.5, 0.6) is 0 Å². The molecule has 2 fully saturated rings. The van der Waals surface area contributed by atoms with E-state index in [2.05, 4.69) is 24.1 Å². The standard InChI is InChI=1S/C13H26N2O2/c1-13(2)9-14-11(8-16)6-15(10-13)7-12-4-3-5-17-12/h11-12,14,16H,3-10H2,1-2H3. The molecule has 2 saturated heterocycles. The molecule has 4 nitrogen and oxygen atoms in total. The van der Waals surface area contributed by atoms with Gasteiger partial charge in [-0.3, -0.25) is 4.90 Å². The van der Waals surface area contributed by atoms with Crippen molar-refractivity contribution in [1.82, 2.24) is 10.2 Å². The zero-order valence-electron chi connectivity index (χ0n) is 11.1. The van der Waals surface area contributed by atoms with E-state index >= 15 is 0 Å². The quantitative estimate of drug-likeness (QED) is 0.754. The van der Waals surface area contributed by atoms with Crippen LogP contribution in [0.25, 0.3) is 0 Å². The molecular formula is C13H26N2O2. The maximum absolute atomic E-state index is 9.34. The van der Waals surface area contributed by atoms with Crippen molar-refractivity contribution in [2.45, 2.75) is 38.8 Å². The van der Waals surface area contributed by atoms with E-state index < -0.39 is 0 Å². The van der Waals surface area contributed by atoms with E-state index in [1.165, 1.54) is 12.8 Å². The van der Waals surface area contributed by atoms with Crippen LogP contribution in [0.3, 0.4) is 0 Å². The normalized spacial score (nSPS) is 34.8. The van der Waals surface area contributed by atoms with Crippen LogP contribution < -0.4 is 5.32 Å². The molecule has 0 aromatic heterocycles. The highest BCUT2D eigenvalue weighted by molar-refractivity contribution is 4.86. The summed E-state index contributed by atoms with van der Waals surface area (Å²) in [5.74, 6) is 0. The molecule has 2 aliphatic heterocycles. The van der Waals surface area contributed by atoms with Crippen LogP contribution in [0.1, 0.15) is 26.7 Å². The van der Waals surface area contributed by atoms with E-state index in [-0.39, 0.29) is 18.1 Å². The minimum absolute atomic E-state index is 0.207. The second kappa shape index (κ2) is 5.65. The first kappa shape index (κ1) is 13.3. The predicted molar refractivity (Wildman–Crippen MR) is 68.1 cm³/mol. The van der Waals surface area contributed by atoms with Gasteiger partial charge >= 0.3 is 0 Å². The first-order chi connectivity index (χ1) is 8.09. The molecule has 2 N–H and O–H groups in total. The second-order valence-corrected chi connectivity index (χ2v) is 6.25. The number of hydrogen-bond acceptors (Lipinski definition) is 4. The molecule has 0 saturated carbocycles. The summed E-state index contributed by atoms with van der Waals surface area (Å²) in [6.45, 7) is 9.70. The third-order valence-electron chi connectivity index (χ3n) is 3.71. The van der Waals surface area contributed by atoms with Crippen molar-refractivity contribution in [3.63, 3.8) is 0 Å². The highest BCUT2D eigenvalue weighted by atomic mass is 16.5. The van der Waals surface area contributed by atoms with Crippen molar-refractivity contribution in [1.29, 1.82) is 0 Å². The van der Waals surface area contributed by atoms with Gasteiger partial charge in [0.2, 0.25) is 0 Å². The SMILES string of the molecule is CC1(C)CNC(CO)CN(CC2CCCO2)C1. The summed E-state index contributed by atoms with van der Waals surface area (Å²) in [5.41, 5.74) is 0.266. The Hall–Kier alpha value is -0.160. The third-order valence-corrected chi connectivity index (χ3v) is 3.71. The van der Waals surface area contributed by atoms with E-state index in [1.54, 1.807) is 0 Å². The van der Waals surface area contributed by atoms with E-state index in [0.29, 0.717) is 6.10 Å². The van der Waals surface area contributed by atoms with Crippen molar-refractivity contribution >= 4 is 0 Å². The van der Waals surface area contributed by atoms with Gasteiger partial charge in [-0.25, -0.2) is 0 Å². The van der Waals surface area contributed by atoms with Gasteiger partial charge in [-0.2, -0.15) is 0 Å². The largest absolute Gasteiger partial charge is 0.395 e. The van der Waals surface area contributed by atoms with Crippen molar-refractivity contribution in [2.75, 3.05) is 39.4 Å². The average Bonchev–Trinajstić information content (AvgIpc) is 2.70. The first-order valence-electron chi connectivity index (χ1n) is 6.77. The van der Waals surface area contributed by atoms with E-state index in [4.69, 9.17) is 4.74 Å². The lowest BCUT2D eigenvalue weighted by molar-refractivity contribution is 0.0612. The summed E-state index contributed by atoms with van der Waals surface area (Å²) in [5, 5.41) is 12.8. The van der Waals surface area contributed by atoms with Crippen LogP contribution in [-0.4, -0.2) is 61.5 Å². The maximum Gasteiger partial charge on any atom is 0.0702 e. The molecule has 0 aliphatic carbocycles. The van der Waals surface area contributed by atoms with Gasteiger partial charge in [0.15, 0.2) is 0 Å². The van der Waals surface area contributed by atoms with Gasteiger partial charge in [0.25, 0.3) is 0 Å². The van der Waals surface area contributed by atoms with Gasteiger partial charge in [0, 0.05) is 38.8 Å². The molecule has 2 atom stereocenters. The number of nitrogens with one attached hydrogen (secondary N) is 1. The Balaban J connectivity index is 1.92. The number of hydrogen-bond donors (Lipinski definition) is 2. The first-order valence-corrected chi connectivity index (χ1v) is 6.77. The van der Waals surface area contributed by atoms with Crippen molar-refractivity contribution < 1.29 is 9.84 Å². The monoisotopic (exact) mass is 242 g/mol. The van der Waals surface area contributed by atoms with Gasteiger partial charge < -0.3 is 15.2 Å². The van der Waals surface area contributed by atoms with Gasteiger partial charge in [-0.1, -0.05) is 13.8 Å². The Morgan fingerprint density at radius 1 is 1.47 bits per heavy atom. The van der Waals surface area contributed by atoms with Gasteiger partial charge in [0.05, 0.1) is 12.7 Å². The van der Waals surface area contributed by atoms with Gasteiger partial charge in [0.1, 0.15) is 0 Å². The minimum Gasteiger partial charge on any atom is -0.395 e. The van der Waals surface area contributed by atoms with Crippen LogP contribution in [0, 0.1) is 5.41 Å². The van der Waals surface area contributed by atoms with Gasteiger partial charge in [-0.15, -0.1) is 0 Å². The van der Waals surface area contributed by atoms with Crippen molar-refractivity contribution in [2.24, 2.45) is 5.41 Å². The smallest absolute Gasteiger partial charge is 0.0702 e. The number of aliphatic hydroxyl groups is 1. The Labute approximate surface area is 104 Å². The fraction of sp³-hybridized carbons (Fsp3) is 1.00. The lowest BCUT2D eigenvalue weighted by atomic mass is 9.93. The molecule has 4 heteroatoms. The van der Waals surface area contributed by atoms with Crippen LogP contribution in [0.4, 0.5) is 0 Å². The van der Waals surface area contributed by atoms with Crippen molar-refractivity contribution in [3.8, 4) is 0 Å².